The van der Waals surface area contributed by atoms with Crippen LogP contribution in [0.1, 0.15) is 46.4 Å². The van der Waals surface area contributed by atoms with E-state index in [4.69, 9.17) is 0 Å². The van der Waals surface area contributed by atoms with Gasteiger partial charge in [-0.15, -0.1) is 6.42 Å². The van der Waals surface area contributed by atoms with Crippen LogP contribution in [-0.2, 0) is 17.1 Å². The molecule has 0 bridgehead atoms. The molecule has 0 saturated carbocycles. The molecule has 23 heavy (non-hydrogen) atoms. The average molecular weight is 390 g/mol. The van der Waals surface area contributed by atoms with Crippen LogP contribution in [0.3, 0.4) is 0 Å². The Kier molecular flexibility index (Phi) is 13.2. The van der Waals surface area contributed by atoms with Gasteiger partial charge in [-0.25, -0.2) is 12.1 Å². The smallest absolute Gasteiger partial charge is 0.108 e. The molecule has 0 aliphatic rings. The van der Waals surface area contributed by atoms with Crippen LogP contribution in [0.4, 0.5) is 0 Å². The molecule has 2 nitrogen and oxygen atoms in total. The van der Waals surface area contributed by atoms with E-state index in [0.29, 0.717) is 12.8 Å². The van der Waals surface area contributed by atoms with Crippen LogP contribution in [0.5, 0.6) is 0 Å². The van der Waals surface area contributed by atoms with Crippen LogP contribution >= 0.6 is 25.3 Å². The fourth-order valence-electron chi connectivity index (χ4n) is 1.89. The molecule has 2 aromatic carbocycles. The number of hydrogen-bond donors (Lipinski definition) is 2. The molecule has 0 amide bonds. The van der Waals surface area contributed by atoms with Crippen LogP contribution in [0, 0.1) is 0 Å². The van der Waals surface area contributed by atoms with E-state index >= 15 is 0 Å². The Morgan fingerprint density at radius 1 is 0.870 bits per heavy atom. The normalized spacial score (nSPS) is 9.48. The maximum Gasteiger partial charge on any atom is 0.108 e. The van der Waals surface area contributed by atoms with Crippen molar-refractivity contribution in [3.63, 3.8) is 0 Å². The summed E-state index contributed by atoms with van der Waals surface area (Å²) < 4.78 is 0. The SMILES string of the molecule is O=C(CCCS)[c-]1[cH-][cH-][cH-][cH-]1.O=C(CCCS)[c-]1cccc1.[Fe]. The summed E-state index contributed by atoms with van der Waals surface area (Å²) in [7, 11) is 0. The van der Waals surface area contributed by atoms with E-state index < -0.39 is 0 Å². The molecule has 0 unspecified atom stereocenters. The first-order valence-corrected chi connectivity index (χ1v) is 8.67. The van der Waals surface area contributed by atoms with E-state index in [1.807, 2.05) is 48.5 Å². The number of carbonyl (C=O) groups is 2. The second-order valence-corrected chi connectivity index (χ2v) is 5.74. The molecular weight excluding hydrogens is 368 g/mol. The second-order valence-electron chi connectivity index (χ2n) is 4.85. The summed E-state index contributed by atoms with van der Waals surface area (Å²) in [5.74, 6) is 2.02. The van der Waals surface area contributed by atoms with Crippen molar-refractivity contribution >= 4 is 36.8 Å². The Labute approximate surface area is 160 Å². The van der Waals surface area contributed by atoms with Crippen LogP contribution in [0.25, 0.3) is 0 Å². The second kappa shape index (κ2) is 13.7. The van der Waals surface area contributed by atoms with Crippen molar-refractivity contribution in [1.82, 2.24) is 0 Å². The third-order valence-electron chi connectivity index (χ3n) is 3.09. The third kappa shape index (κ3) is 9.21. The van der Waals surface area contributed by atoms with E-state index in [1.165, 1.54) is 0 Å². The molecule has 0 heterocycles. The summed E-state index contributed by atoms with van der Waals surface area (Å²) in [5, 5.41) is 0. The largest absolute Gasteiger partial charge is 0.718 e. The van der Waals surface area contributed by atoms with Gasteiger partial charge >= 0.3 is 0 Å². The molecule has 0 aromatic heterocycles. The number of hydrogen-bond acceptors (Lipinski definition) is 4. The molecule has 0 radical (unpaired) electrons. The summed E-state index contributed by atoms with van der Waals surface area (Å²) in [4.78, 5) is 22.5. The summed E-state index contributed by atoms with van der Waals surface area (Å²) in [6, 6.07) is 14.9. The Hall–Kier alpha value is -0.741. The minimum absolute atomic E-state index is 0. The predicted molar refractivity (Wildman–Crippen MR) is 98.9 cm³/mol. The van der Waals surface area contributed by atoms with Crippen molar-refractivity contribution in [1.29, 1.82) is 0 Å². The van der Waals surface area contributed by atoms with Gasteiger partial charge in [0.2, 0.25) is 0 Å². The van der Waals surface area contributed by atoms with Crippen LogP contribution < -0.4 is 0 Å². The third-order valence-corrected chi connectivity index (χ3v) is 3.73. The monoisotopic (exact) mass is 390 g/mol. The molecule has 132 valence electrons. The van der Waals surface area contributed by atoms with Crippen LogP contribution in [0.2, 0.25) is 0 Å². The van der Waals surface area contributed by atoms with Gasteiger partial charge in [0.15, 0.2) is 0 Å². The summed E-state index contributed by atoms with van der Waals surface area (Å²) in [6.45, 7) is 0. The molecule has 0 spiro atoms. The van der Waals surface area contributed by atoms with Crippen molar-refractivity contribution in [3.05, 3.63) is 59.7 Å². The molecule has 0 aliphatic heterocycles. The van der Waals surface area contributed by atoms with E-state index in [9.17, 15) is 9.59 Å². The van der Waals surface area contributed by atoms with Gasteiger partial charge in [-0.1, -0.05) is 12.0 Å². The van der Waals surface area contributed by atoms with Gasteiger partial charge in [0.1, 0.15) is 5.78 Å². The molecule has 0 atom stereocenters. The fraction of sp³-hybridized carbons (Fsp3) is 0.333. The number of Topliss-reactive ketones (excluding diaryl/α,β-unsaturated/α-hetero) is 2. The number of ketones is 2. The topological polar surface area (TPSA) is 34.1 Å². The first-order valence-electron chi connectivity index (χ1n) is 7.40. The standard InChI is InChI=1S/2C9H11OS.Fe/c2*10-9(6-3-7-11)8-4-1-2-5-8;/h2*1-2,4-5,11H,3,6-7H2;/q-5;-1;. The molecule has 2 aromatic rings. The molecule has 5 heteroatoms. The fourth-order valence-corrected chi connectivity index (χ4v) is 2.20. The quantitative estimate of drug-likeness (QED) is 0.299. The molecular formula is C18H22FeO2S2-6. The molecule has 0 fully saturated rings. The summed E-state index contributed by atoms with van der Waals surface area (Å²) in [5.41, 5.74) is 1.65. The van der Waals surface area contributed by atoms with E-state index in [0.717, 1.165) is 35.5 Å². The van der Waals surface area contributed by atoms with Crippen molar-refractivity contribution in [2.75, 3.05) is 11.5 Å². The van der Waals surface area contributed by atoms with Crippen molar-refractivity contribution in [2.24, 2.45) is 0 Å². The zero-order chi connectivity index (χ0) is 16.2. The van der Waals surface area contributed by atoms with E-state index in [2.05, 4.69) is 25.3 Å². The molecule has 0 N–H and O–H groups in total. The number of rotatable bonds is 8. The Bertz CT molecular complexity index is 483. The summed E-state index contributed by atoms with van der Waals surface area (Å²) >= 11 is 8.08. The minimum Gasteiger partial charge on any atom is -0.718 e. The van der Waals surface area contributed by atoms with Gasteiger partial charge in [-0.05, 0) is 24.3 Å². The van der Waals surface area contributed by atoms with Crippen molar-refractivity contribution in [2.45, 2.75) is 25.7 Å². The van der Waals surface area contributed by atoms with Gasteiger partial charge < -0.3 is 39.4 Å². The van der Waals surface area contributed by atoms with E-state index in [1.54, 1.807) is 0 Å². The summed E-state index contributed by atoms with van der Waals surface area (Å²) in [6.07, 6.45) is 2.97. The molecule has 0 aliphatic carbocycles. The first kappa shape index (κ1) is 22.3. The van der Waals surface area contributed by atoms with Crippen LogP contribution in [0.15, 0.2) is 48.5 Å². The van der Waals surface area contributed by atoms with Gasteiger partial charge in [0.05, 0.1) is 0 Å². The van der Waals surface area contributed by atoms with Gasteiger partial charge in [-0.2, -0.15) is 37.4 Å². The Balaban J connectivity index is 0.000000403. The van der Waals surface area contributed by atoms with Gasteiger partial charge in [0, 0.05) is 17.1 Å². The van der Waals surface area contributed by atoms with Crippen LogP contribution in [-0.4, -0.2) is 23.1 Å². The first-order chi connectivity index (χ1) is 10.7. The Morgan fingerprint density at radius 3 is 1.83 bits per heavy atom. The van der Waals surface area contributed by atoms with Crippen molar-refractivity contribution in [3.8, 4) is 0 Å². The molecule has 2 rings (SSSR count). The predicted octanol–water partition coefficient (Wildman–Crippen LogP) is 4.59. The van der Waals surface area contributed by atoms with Gasteiger partial charge in [0.25, 0.3) is 0 Å². The van der Waals surface area contributed by atoms with Crippen molar-refractivity contribution < 1.29 is 26.7 Å². The maximum atomic E-state index is 11.2. The molecule has 0 saturated heterocycles. The average Bonchev–Trinajstić information content (AvgIpc) is 3.23. The Morgan fingerprint density at radius 2 is 1.35 bits per heavy atom. The zero-order valence-corrected chi connectivity index (χ0v) is 15.8. The number of carbonyl (C=O) groups excluding carboxylic acids is 2. The maximum absolute atomic E-state index is 11.2. The van der Waals surface area contributed by atoms with E-state index in [-0.39, 0.29) is 28.6 Å². The van der Waals surface area contributed by atoms with Gasteiger partial charge in [-0.3, -0.25) is 5.78 Å². The number of thiol groups is 2. The minimum atomic E-state index is 0. The zero-order valence-electron chi connectivity index (χ0n) is 12.9.